The molecule has 0 amide bonds. The van der Waals surface area contributed by atoms with Gasteiger partial charge in [0.1, 0.15) is 11.6 Å². The zero-order valence-electron chi connectivity index (χ0n) is 24.5. The molecule has 228 valence electrons. The van der Waals surface area contributed by atoms with E-state index in [1.165, 1.54) is 30.3 Å². The van der Waals surface area contributed by atoms with Crippen LogP contribution in [0.25, 0.3) is 0 Å². The van der Waals surface area contributed by atoms with E-state index >= 15 is 0 Å². The van der Waals surface area contributed by atoms with Crippen molar-refractivity contribution < 1.29 is 19.4 Å². The maximum absolute atomic E-state index is 11.0. The smallest absolute Gasteiger partial charge is 0.271 e. The van der Waals surface area contributed by atoms with Gasteiger partial charge in [0.05, 0.1) is 21.2 Å². The van der Waals surface area contributed by atoms with Gasteiger partial charge in [0.25, 0.3) is 11.4 Å². The number of nitrogen functional groups attached to an aromatic ring is 2. The number of benzene rings is 4. The third kappa shape index (κ3) is 12.7. The number of rotatable bonds is 6. The monoisotopic (exact) mass is 716 g/mol. The molecular weight excluding hydrogens is 687 g/mol. The molecule has 45 heavy (non-hydrogen) atoms. The number of non-ortho nitro benzene ring substituents is 2. The fourth-order valence-electron chi connectivity index (χ4n) is 3.56. The Morgan fingerprint density at radius 1 is 0.711 bits per heavy atom. The van der Waals surface area contributed by atoms with Gasteiger partial charge in [0.15, 0.2) is 0 Å². The number of nitro groups is 2. The third-order valence-corrected chi connectivity index (χ3v) is 6.74. The first-order chi connectivity index (χ1) is 21.3. The lowest BCUT2D eigenvalue weighted by Gasteiger charge is -1.99. The molecule has 4 aromatic rings. The molecule has 0 unspecified atom stereocenters. The quantitative estimate of drug-likeness (QED) is 0.0771. The number of ketones is 2. The van der Waals surface area contributed by atoms with Gasteiger partial charge in [-0.05, 0) is 84.0 Å². The molecule has 0 radical (unpaired) electrons. The van der Waals surface area contributed by atoms with E-state index in [0.29, 0.717) is 24.1 Å². The predicted octanol–water partition coefficient (Wildman–Crippen LogP) is 6.29. The molecule has 0 aliphatic carbocycles. The van der Waals surface area contributed by atoms with E-state index in [1.807, 2.05) is 71.1 Å². The second-order valence-electron chi connectivity index (χ2n) is 9.54. The van der Waals surface area contributed by atoms with Crippen LogP contribution >= 0.6 is 22.6 Å². The van der Waals surface area contributed by atoms with Gasteiger partial charge in [-0.25, -0.2) is 0 Å². The normalized spacial score (nSPS) is 9.47. The molecule has 0 aliphatic heterocycles. The highest BCUT2D eigenvalue weighted by Crippen LogP contribution is 2.21. The van der Waals surface area contributed by atoms with Crippen molar-refractivity contribution in [3.8, 4) is 24.2 Å². The molecular formula is C34H29IN4O6. The number of Topliss-reactive ketones (excluding diaryl/α,β-unsaturated/α-hetero) is 2. The number of nitro benzene ring substituents is 2. The van der Waals surface area contributed by atoms with Crippen molar-refractivity contribution in [2.75, 3.05) is 11.5 Å². The second kappa shape index (κ2) is 17.6. The molecule has 4 rings (SSSR count). The third-order valence-electron chi connectivity index (χ3n) is 5.76. The van der Waals surface area contributed by atoms with Gasteiger partial charge in [-0.15, -0.1) is 6.42 Å². The van der Waals surface area contributed by atoms with Crippen LogP contribution in [0.4, 0.5) is 22.7 Å². The minimum atomic E-state index is -0.499. The van der Waals surface area contributed by atoms with Crippen molar-refractivity contribution in [1.82, 2.24) is 0 Å². The summed E-state index contributed by atoms with van der Waals surface area (Å²) in [7, 11) is 0. The largest absolute Gasteiger partial charge is 0.398 e. The Balaban J connectivity index is 0.000000259. The van der Waals surface area contributed by atoms with Crippen LogP contribution in [0.3, 0.4) is 0 Å². The molecule has 0 spiro atoms. The SMILES string of the molecule is C#Cc1ccc(CC(C)=O)cc1.CC(=O)Cc1ccc(C#Cc2ccc([N+](=O)[O-])cc2N)cc1.Nc1cc([N+](=O)[O-])ccc1I. The number of nitrogens with zero attached hydrogens (tertiary/aromatic N) is 2. The first-order valence-electron chi connectivity index (χ1n) is 13.2. The molecule has 4 aromatic carbocycles. The van der Waals surface area contributed by atoms with Crippen LogP contribution in [-0.2, 0) is 22.4 Å². The highest BCUT2D eigenvalue weighted by atomic mass is 127. The average molecular weight is 717 g/mol. The molecule has 0 saturated carbocycles. The molecule has 0 atom stereocenters. The first-order valence-corrected chi connectivity index (χ1v) is 14.3. The zero-order chi connectivity index (χ0) is 33.5. The highest BCUT2D eigenvalue weighted by Gasteiger charge is 2.07. The summed E-state index contributed by atoms with van der Waals surface area (Å²) in [5, 5.41) is 20.9. The molecule has 0 saturated heterocycles. The van der Waals surface area contributed by atoms with Crippen LogP contribution in [0.15, 0.2) is 84.9 Å². The van der Waals surface area contributed by atoms with Gasteiger partial charge >= 0.3 is 0 Å². The summed E-state index contributed by atoms with van der Waals surface area (Å²) < 4.78 is 0.827. The molecule has 0 aliphatic rings. The molecule has 0 heterocycles. The van der Waals surface area contributed by atoms with Gasteiger partial charge in [-0.1, -0.05) is 42.0 Å². The van der Waals surface area contributed by atoms with Crippen LogP contribution in [0.5, 0.6) is 0 Å². The van der Waals surface area contributed by atoms with E-state index in [-0.39, 0.29) is 28.6 Å². The van der Waals surface area contributed by atoms with Gasteiger partial charge in [0, 0.05) is 57.4 Å². The van der Waals surface area contributed by atoms with E-state index < -0.39 is 9.85 Å². The topological polar surface area (TPSA) is 172 Å². The number of hydrogen-bond acceptors (Lipinski definition) is 8. The molecule has 0 bridgehead atoms. The van der Waals surface area contributed by atoms with E-state index in [4.69, 9.17) is 17.9 Å². The summed E-state index contributed by atoms with van der Waals surface area (Å²) in [4.78, 5) is 41.6. The lowest BCUT2D eigenvalue weighted by Crippen LogP contribution is -1.95. The van der Waals surface area contributed by atoms with E-state index in [0.717, 1.165) is 25.8 Å². The maximum atomic E-state index is 11.0. The van der Waals surface area contributed by atoms with Gasteiger partial charge in [-0.3, -0.25) is 29.8 Å². The maximum Gasteiger partial charge on any atom is 0.271 e. The first kappa shape index (κ1) is 35.7. The van der Waals surface area contributed by atoms with Gasteiger partial charge in [-0.2, -0.15) is 0 Å². The predicted molar refractivity (Wildman–Crippen MR) is 183 cm³/mol. The number of terminal acetylenes is 1. The van der Waals surface area contributed by atoms with Crippen molar-refractivity contribution in [2.24, 2.45) is 0 Å². The summed E-state index contributed by atoms with van der Waals surface area (Å²) in [5.74, 6) is 8.64. The zero-order valence-corrected chi connectivity index (χ0v) is 26.6. The molecule has 10 nitrogen and oxygen atoms in total. The van der Waals surface area contributed by atoms with Crippen molar-refractivity contribution in [1.29, 1.82) is 0 Å². The van der Waals surface area contributed by atoms with E-state index in [2.05, 4.69) is 17.8 Å². The Morgan fingerprint density at radius 2 is 1.16 bits per heavy atom. The van der Waals surface area contributed by atoms with Crippen LogP contribution < -0.4 is 11.5 Å². The number of halogens is 1. The fourth-order valence-corrected chi connectivity index (χ4v) is 3.90. The Kier molecular flexibility index (Phi) is 13.9. The molecule has 11 heteroatoms. The van der Waals surface area contributed by atoms with Crippen LogP contribution in [0, 0.1) is 48.0 Å². The van der Waals surface area contributed by atoms with Crippen LogP contribution in [0.1, 0.15) is 41.7 Å². The molecule has 0 fully saturated rings. The van der Waals surface area contributed by atoms with Crippen LogP contribution in [-0.4, -0.2) is 21.4 Å². The second-order valence-corrected chi connectivity index (χ2v) is 10.7. The van der Waals surface area contributed by atoms with Crippen molar-refractivity contribution in [2.45, 2.75) is 26.7 Å². The average Bonchev–Trinajstić information content (AvgIpc) is 2.99. The molecule has 4 N–H and O–H groups in total. The van der Waals surface area contributed by atoms with E-state index in [1.54, 1.807) is 19.9 Å². The summed E-state index contributed by atoms with van der Waals surface area (Å²) in [6, 6.07) is 23.4. The Bertz CT molecular complexity index is 1800. The minimum absolute atomic E-state index is 0.0305. The number of anilines is 2. The van der Waals surface area contributed by atoms with Crippen molar-refractivity contribution in [3.63, 3.8) is 0 Å². The number of hydrogen-bond donors (Lipinski definition) is 2. The van der Waals surface area contributed by atoms with E-state index in [9.17, 15) is 29.8 Å². The van der Waals surface area contributed by atoms with Gasteiger partial charge < -0.3 is 11.5 Å². The summed E-state index contributed by atoms with van der Waals surface area (Å²) in [6.45, 7) is 3.13. The van der Waals surface area contributed by atoms with Crippen molar-refractivity contribution in [3.05, 3.63) is 137 Å². The Morgan fingerprint density at radius 3 is 1.56 bits per heavy atom. The summed E-state index contributed by atoms with van der Waals surface area (Å²) in [5.41, 5.74) is 16.0. The highest BCUT2D eigenvalue weighted by molar-refractivity contribution is 14.1. The summed E-state index contributed by atoms with van der Waals surface area (Å²) in [6.07, 6.45) is 6.08. The standard InChI is InChI=1S/C17H14N2O3.C11H10O.C6H5IN2O2/c1-12(20)10-14-4-2-13(3-5-14)6-7-15-8-9-16(19(21)22)11-17(15)18;1-3-10-4-6-11(7-5-10)8-9(2)12;7-5-2-1-4(9(10)11)3-6(5)8/h2-5,8-9,11H,10,18H2,1H3;1,4-7H,8H2,2H3;1-3H,8H2. The number of nitrogens with two attached hydrogens (primary N) is 2. The fraction of sp³-hybridized carbons (Fsp3) is 0.118. The number of carbonyl (C=O) groups is 2. The Labute approximate surface area is 274 Å². The van der Waals surface area contributed by atoms with Gasteiger partial charge in [0.2, 0.25) is 0 Å². The Hall–Kier alpha value is -5.53. The summed E-state index contributed by atoms with van der Waals surface area (Å²) >= 11 is 2.02. The number of carbonyl (C=O) groups excluding carboxylic acids is 2. The minimum Gasteiger partial charge on any atom is -0.398 e. The van der Waals surface area contributed by atoms with Crippen LogP contribution in [0.2, 0.25) is 0 Å². The lowest BCUT2D eigenvalue weighted by atomic mass is 10.1. The van der Waals surface area contributed by atoms with Crippen molar-refractivity contribution >= 4 is 56.9 Å². The lowest BCUT2D eigenvalue weighted by molar-refractivity contribution is -0.385. The molecule has 0 aromatic heterocycles.